The molecule has 1 aromatic rings. The van der Waals surface area contributed by atoms with E-state index < -0.39 is 11.7 Å². The largest absolute Gasteiger partial charge is 0.445 e. The first-order chi connectivity index (χ1) is 9.99. The van der Waals surface area contributed by atoms with Gasteiger partial charge in [-0.2, -0.15) is 0 Å². The molecular weight excluding hydrogens is 286 g/mol. The van der Waals surface area contributed by atoms with Crippen LogP contribution in [0.15, 0.2) is 4.42 Å². The van der Waals surface area contributed by atoms with Crippen LogP contribution in [0.25, 0.3) is 0 Å². The highest BCUT2D eigenvalue weighted by molar-refractivity contribution is 5.93. The van der Waals surface area contributed by atoms with Gasteiger partial charge in [-0.1, -0.05) is 0 Å². The van der Waals surface area contributed by atoms with Crippen LogP contribution in [-0.4, -0.2) is 34.7 Å². The van der Waals surface area contributed by atoms with Crippen LogP contribution in [0, 0.1) is 13.8 Å². The van der Waals surface area contributed by atoms with Crippen LogP contribution >= 0.6 is 0 Å². The third kappa shape index (κ3) is 5.38. The summed E-state index contributed by atoms with van der Waals surface area (Å²) < 4.78 is 10.4. The predicted molar refractivity (Wildman–Crippen MR) is 81.7 cm³/mol. The Morgan fingerprint density at radius 2 is 1.68 bits per heavy atom. The molecule has 2 atom stereocenters. The van der Waals surface area contributed by atoms with Crippen molar-refractivity contribution in [3.8, 4) is 0 Å². The summed E-state index contributed by atoms with van der Waals surface area (Å²) in [5, 5.41) is 5.48. The average Bonchev–Trinajstić information content (AvgIpc) is 2.65. The molecule has 0 bridgehead atoms. The van der Waals surface area contributed by atoms with Gasteiger partial charge in [-0.05, 0) is 41.5 Å². The number of hydrogen-bond donors (Lipinski definition) is 2. The van der Waals surface area contributed by atoms with Crippen molar-refractivity contribution in [3.05, 3.63) is 17.3 Å². The first-order valence-corrected chi connectivity index (χ1v) is 7.24. The number of hydrogen-bond acceptors (Lipinski definition) is 5. The van der Waals surface area contributed by atoms with Crippen LogP contribution < -0.4 is 10.6 Å². The van der Waals surface area contributed by atoms with E-state index in [4.69, 9.17) is 9.15 Å². The summed E-state index contributed by atoms with van der Waals surface area (Å²) in [5.74, 6) is 0.574. The van der Waals surface area contributed by atoms with E-state index in [2.05, 4.69) is 15.6 Å². The molecule has 0 aliphatic rings. The van der Waals surface area contributed by atoms with Crippen LogP contribution in [0.3, 0.4) is 0 Å². The number of alkyl carbamates (subject to hydrolysis) is 1. The highest BCUT2D eigenvalue weighted by Crippen LogP contribution is 2.10. The summed E-state index contributed by atoms with van der Waals surface area (Å²) in [7, 11) is 0. The number of rotatable bonds is 4. The zero-order chi connectivity index (χ0) is 17.1. The Labute approximate surface area is 130 Å². The van der Waals surface area contributed by atoms with Crippen molar-refractivity contribution in [2.75, 3.05) is 0 Å². The molecule has 0 saturated carbocycles. The van der Waals surface area contributed by atoms with Gasteiger partial charge in [-0.25, -0.2) is 9.78 Å². The maximum atomic E-state index is 12.1. The Bertz CT molecular complexity index is 545. The van der Waals surface area contributed by atoms with Crippen LogP contribution in [0.2, 0.25) is 0 Å². The number of aromatic nitrogens is 1. The molecule has 1 aromatic heterocycles. The van der Waals surface area contributed by atoms with Gasteiger partial charge in [-0.3, -0.25) is 4.79 Å². The molecule has 0 aromatic carbocycles. The Morgan fingerprint density at radius 3 is 2.14 bits per heavy atom. The van der Waals surface area contributed by atoms with E-state index in [-0.39, 0.29) is 23.7 Å². The second-order valence-corrected chi connectivity index (χ2v) is 6.33. The predicted octanol–water partition coefficient (Wildman–Crippen LogP) is 2.32. The van der Waals surface area contributed by atoms with E-state index in [1.807, 2.05) is 0 Å². The molecule has 0 aliphatic carbocycles. The van der Waals surface area contributed by atoms with Crippen LogP contribution in [0.5, 0.6) is 0 Å². The van der Waals surface area contributed by atoms with Crippen LogP contribution in [0.4, 0.5) is 4.79 Å². The fraction of sp³-hybridized carbons (Fsp3) is 0.667. The van der Waals surface area contributed by atoms with E-state index in [1.54, 1.807) is 48.5 Å². The molecule has 0 spiro atoms. The van der Waals surface area contributed by atoms with Gasteiger partial charge >= 0.3 is 6.09 Å². The molecule has 0 fully saturated rings. The second kappa shape index (κ2) is 6.81. The Hall–Kier alpha value is -2.05. The molecule has 0 radical (unpaired) electrons. The Morgan fingerprint density at radius 1 is 1.14 bits per heavy atom. The van der Waals surface area contributed by atoms with E-state index >= 15 is 0 Å². The summed E-state index contributed by atoms with van der Waals surface area (Å²) >= 11 is 0. The van der Waals surface area contributed by atoms with Gasteiger partial charge in [0.2, 0.25) is 0 Å². The smallest absolute Gasteiger partial charge is 0.407 e. The number of carbonyl (C=O) groups excluding carboxylic acids is 2. The number of oxazole rings is 1. The van der Waals surface area contributed by atoms with Gasteiger partial charge in [0.15, 0.2) is 11.6 Å². The number of ether oxygens (including phenoxy) is 1. The maximum Gasteiger partial charge on any atom is 0.407 e. The molecule has 7 heteroatoms. The van der Waals surface area contributed by atoms with E-state index in [0.29, 0.717) is 11.7 Å². The van der Waals surface area contributed by atoms with Crippen molar-refractivity contribution < 1.29 is 18.7 Å². The first kappa shape index (κ1) is 18.0. The third-order valence-electron chi connectivity index (χ3n) is 2.97. The van der Waals surface area contributed by atoms with E-state index in [1.165, 1.54) is 0 Å². The number of nitrogens with one attached hydrogen (secondary N) is 2. The molecule has 7 nitrogen and oxygen atoms in total. The lowest BCUT2D eigenvalue weighted by atomic mass is 10.1. The number of amides is 2. The normalized spacial score (nSPS) is 14.1. The Kier molecular flexibility index (Phi) is 5.57. The van der Waals surface area contributed by atoms with E-state index in [0.717, 1.165) is 0 Å². The first-order valence-electron chi connectivity index (χ1n) is 7.24. The lowest BCUT2D eigenvalue weighted by Gasteiger charge is -2.25. The van der Waals surface area contributed by atoms with E-state index in [9.17, 15) is 9.59 Å². The van der Waals surface area contributed by atoms with Gasteiger partial charge < -0.3 is 19.8 Å². The molecule has 1 heterocycles. The minimum atomic E-state index is -0.564. The minimum Gasteiger partial charge on any atom is -0.445 e. The molecule has 0 saturated heterocycles. The maximum absolute atomic E-state index is 12.1. The Balaban J connectivity index is 2.57. The van der Waals surface area contributed by atoms with Gasteiger partial charge in [0, 0.05) is 19.0 Å². The SMILES string of the molecule is Cc1nc(C(=O)N[C@H](C)[C@H](C)NC(=O)OC(C)(C)C)c(C)o1. The summed E-state index contributed by atoms with van der Waals surface area (Å²) in [6.07, 6.45) is -0.519. The van der Waals surface area contributed by atoms with Crippen molar-refractivity contribution in [3.63, 3.8) is 0 Å². The number of nitrogens with zero attached hydrogens (tertiary/aromatic N) is 1. The van der Waals surface area contributed by atoms with Crippen molar-refractivity contribution >= 4 is 12.0 Å². The topological polar surface area (TPSA) is 93.5 Å². The van der Waals surface area contributed by atoms with Crippen LogP contribution in [-0.2, 0) is 4.74 Å². The number of carbonyl (C=O) groups is 2. The van der Waals surface area contributed by atoms with Gasteiger partial charge in [0.1, 0.15) is 11.4 Å². The van der Waals surface area contributed by atoms with Crippen molar-refractivity contribution in [2.24, 2.45) is 0 Å². The zero-order valence-corrected chi connectivity index (χ0v) is 14.2. The minimum absolute atomic E-state index is 0.258. The summed E-state index contributed by atoms with van der Waals surface area (Å²) in [5.41, 5.74) is -0.306. The quantitative estimate of drug-likeness (QED) is 0.890. The fourth-order valence-corrected chi connectivity index (χ4v) is 1.76. The van der Waals surface area contributed by atoms with Gasteiger partial charge in [0.25, 0.3) is 5.91 Å². The highest BCUT2D eigenvalue weighted by Gasteiger charge is 2.23. The molecule has 124 valence electrons. The molecule has 2 amide bonds. The molecule has 1 rings (SSSR count). The highest BCUT2D eigenvalue weighted by atomic mass is 16.6. The van der Waals surface area contributed by atoms with Crippen molar-refractivity contribution in [1.82, 2.24) is 15.6 Å². The average molecular weight is 311 g/mol. The van der Waals surface area contributed by atoms with Gasteiger partial charge in [-0.15, -0.1) is 0 Å². The number of aryl methyl sites for hydroxylation is 2. The van der Waals surface area contributed by atoms with Crippen LogP contribution in [0.1, 0.15) is 56.8 Å². The monoisotopic (exact) mass is 311 g/mol. The lowest BCUT2D eigenvalue weighted by Crippen LogP contribution is -2.49. The molecule has 0 unspecified atom stereocenters. The summed E-state index contributed by atoms with van der Waals surface area (Å²) in [6, 6.07) is -0.594. The fourth-order valence-electron chi connectivity index (χ4n) is 1.76. The molecule has 2 N–H and O–H groups in total. The summed E-state index contributed by atoms with van der Waals surface area (Å²) in [4.78, 5) is 27.9. The van der Waals surface area contributed by atoms with Crippen molar-refractivity contribution in [1.29, 1.82) is 0 Å². The molecular formula is C15H25N3O4. The lowest BCUT2D eigenvalue weighted by molar-refractivity contribution is 0.0496. The van der Waals surface area contributed by atoms with Crippen molar-refractivity contribution in [2.45, 2.75) is 66.2 Å². The molecule has 22 heavy (non-hydrogen) atoms. The zero-order valence-electron chi connectivity index (χ0n) is 14.2. The standard InChI is InChI=1S/C15H25N3O4/c1-8(9(2)17-14(20)22-15(5,6)7)16-13(19)12-10(3)21-11(4)18-12/h8-9H,1-7H3,(H,16,19)(H,17,20)/t8-,9+/m1/s1. The summed E-state index contributed by atoms with van der Waals surface area (Å²) in [6.45, 7) is 12.3. The van der Waals surface area contributed by atoms with Gasteiger partial charge in [0.05, 0.1) is 0 Å². The third-order valence-corrected chi connectivity index (χ3v) is 2.97. The molecule has 0 aliphatic heterocycles. The second-order valence-electron chi connectivity index (χ2n) is 6.33.